The third kappa shape index (κ3) is 5.50. The van der Waals surface area contributed by atoms with Crippen LogP contribution in [0.1, 0.15) is 68.2 Å². The van der Waals surface area contributed by atoms with E-state index in [4.69, 9.17) is 15.8 Å². The molecule has 1 aromatic rings. The van der Waals surface area contributed by atoms with Crippen LogP contribution in [0, 0.1) is 5.92 Å². The van der Waals surface area contributed by atoms with Crippen molar-refractivity contribution in [2.45, 2.75) is 75.9 Å². The van der Waals surface area contributed by atoms with Gasteiger partial charge >= 0.3 is 13.3 Å². The molecule has 2 atom stereocenters. The molecule has 31 heavy (non-hydrogen) atoms. The van der Waals surface area contributed by atoms with Crippen molar-refractivity contribution in [3.05, 3.63) is 34.9 Å². The molecule has 0 radical (unpaired) electrons. The second-order valence-electron chi connectivity index (χ2n) is 9.10. The number of nitrogens with two attached hydrogens (primary N) is 1. The van der Waals surface area contributed by atoms with Crippen LogP contribution in [0.4, 0.5) is 13.2 Å². The summed E-state index contributed by atoms with van der Waals surface area (Å²) in [4.78, 5) is 14.6. The summed E-state index contributed by atoms with van der Waals surface area (Å²) in [5, 5.41) is 18.0. The van der Waals surface area contributed by atoms with E-state index < -0.39 is 24.4 Å². The van der Waals surface area contributed by atoms with Gasteiger partial charge in [0, 0.05) is 6.04 Å². The Kier molecular flexibility index (Phi) is 7.51. The maximum atomic E-state index is 13.2. The fourth-order valence-corrected chi connectivity index (χ4v) is 5.27. The number of halogens is 3. The van der Waals surface area contributed by atoms with Crippen molar-refractivity contribution in [3.8, 4) is 0 Å². The van der Waals surface area contributed by atoms with E-state index in [2.05, 4.69) is 4.90 Å². The number of aryl methyl sites for hydroxylation is 1. The molecule has 1 saturated heterocycles. The van der Waals surface area contributed by atoms with Gasteiger partial charge in [0.15, 0.2) is 0 Å². The summed E-state index contributed by atoms with van der Waals surface area (Å²) in [5.74, 6) is -0.0424. The van der Waals surface area contributed by atoms with E-state index in [1.165, 1.54) is 19.1 Å². The lowest BCUT2D eigenvalue weighted by atomic mass is 9.72. The molecule has 1 aromatic carbocycles. The molecule has 2 aliphatic rings. The van der Waals surface area contributed by atoms with E-state index >= 15 is 0 Å². The first-order valence-electron chi connectivity index (χ1n) is 11.1. The Hall–Kier alpha value is -1.42. The Labute approximate surface area is 181 Å². The number of nitrogens with zero attached hydrogens (tertiary/aromatic N) is 1. The number of likely N-dealkylation sites (tertiary alicyclic amines) is 1. The summed E-state index contributed by atoms with van der Waals surface area (Å²) < 4.78 is 39.5. The molecule has 1 heterocycles. The third-order valence-corrected chi connectivity index (χ3v) is 7.18. The van der Waals surface area contributed by atoms with Crippen LogP contribution in [0.25, 0.3) is 0 Å². The molecule has 0 saturated carbocycles. The molecular weight excluding hydrogens is 408 g/mol. The van der Waals surface area contributed by atoms with Crippen molar-refractivity contribution >= 4 is 12.9 Å². The van der Waals surface area contributed by atoms with Gasteiger partial charge in [-0.3, -0.25) is 9.69 Å². The normalized spacial score (nSPS) is 22.2. The second-order valence-corrected chi connectivity index (χ2v) is 9.10. The van der Waals surface area contributed by atoms with Gasteiger partial charge in [-0.15, -0.1) is 0 Å². The first-order chi connectivity index (χ1) is 14.5. The SMILES string of the molecule is CC(=O)[C@](N)(CCCCB(O)O)C1CCN(C2CCc3ccc(C(F)(F)F)cc32)CC1. The maximum Gasteiger partial charge on any atom is 0.451 e. The van der Waals surface area contributed by atoms with Crippen molar-refractivity contribution in [1.29, 1.82) is 0 Å². The quantitative estimate of drug-likeness (QED) is 0.427. The molecule has 0 aromatic heterocycles. The van der Waals surface area contributed by atoms with Gasteiger partial charge in [0.2, 0.25) is 0 Å². The van der Waals surface area contributed by atoms with E-state index in [0.29, 0.717) is 32.4 Å². The monoisotopic (exact) mass is 440 g/mol. The number of carbonyl (C=O) groups excluding carboxylic acids is 1. The first-order valence-corrected chi connectivity index (χ1v) is 11.1. The number of alkyl halides is 3. The lowest BCUT2D eigenvalue weighted by Crippen LogP contribution is -2.56. The molecule has 1 unspecified atom stereocenters. The number of ketones is 1. The number of hydrogen-bond donors (Lipinski definition) is 3. The fourth-order valence-electron chi connectivity index (χ4n) is 5.27. The lowest BCUT2D eigenvalue weighted by molar-refractivity contribution is -0.137. The van der Waals surface area contributed by atoms with Crippen LogP contribution in [0.2, 0.25) is 6.32 Å². The number of benzene rings is 1. The first kappa shape index (κ1) is 24.2. The summed E-state index contributed by atoms with van der Waals surface area (Å²) in [5.41, 5.74) is 6.79. The molecule has 0 spiro atoms. The van der Waals surface area contributed by atoms with E-state index in [0.717, 1.165) is 36.8 Å². The van der Waals surface area contributed by atoms with Crippen molar-refractivity contribution in [2.24, 2.45) is 11.7 Å². The van der Waals surface area contributed by atoms with Gasteiger partial charge in [-0.25, -0.2) is 0 Å². The van der Waals surface area contributed by atoms with Crippen molar-refractivity contribution in [1.82, 2.24) is 4.90 Å². The van der Waals surface area contributed by atoms with Crippen LogP contribution >= 0.6 is 0 Å². The largest absolute Gasteiger partial charge is 0.451 e. The number of fused-ring (bicyclic) bond motifs is 1. The minimum atomic E-state index is -4.35. The Bertz CT molecular complexity index is 782. The zero-order valence-corrected chi connectivity index (χ0v) is 18.0. The Morgan fingerprint density at radius 2 is 1.87 bits per heavy atom. The predicted molar refractivity (Wildman–Crippen MR) is 113 cm³/mol. The molecule has 1 fully saturated rings. The zero-order chi connectivity index (χ0) is 22.8. The van der Waals surface area contributed by atoms with Crippen LogP contribution in [-0.2, 0) is 17.4 Å². The topological polar surface area (TPSA) is 86.8 Å². The highest BCUT2D eigenvalue weighted by atomic mass is 19.4. The molecular formula is C22H32BF3N2O3. The standard InChI is InChI=1S/C22H32BF3N2O3/c1-15(29)21(27,10-2-3-11-23(30)31)17-8-12-28(13-9-17)20-7-5-16-4-6-18(14-19(16)20)22(24,25)26/h4,6,14,17,20,30-31H,2-3,5,7-13,27H2,1H3/t20?,21-/m1/s1. The van der Waals surface area contributed by atoms with E-state index in [9.17, 15) is 18.0 Å². The van der Waals surface area contributed by atoms with Crippen LogP contribution in [0.3, 0.4) is 0 Å². The van der Waals surface area contributed by atoms with E-state index in [1.807, 2.05) is 0 Å². The summed E-state index contributed by atoms with van der Waals surface area (Å²) in [6, 6.07) is 4.05. The average Bonchev–Trinajstić information content (AvgIpc) is 3.13. The fraction of sp³-hybridized carbons (Fsp3) is 0.682. The lowest BCUT2D eigenvalue weighted by Gasteiger charge is -2.43. The predicted octanol–water partition coefficient (Wildman–Crippen LogP) is 3.33. The summed E-state index contributed by atoms with van der Waals surface area (Å²) >= 11 is 0. The maximum absolute atomic E-state index is 13.2. The van der Waals surface area contributed by atoms with Crippen molar-refractivity contribution < 1.29 is 28.0 Å². The smallest absolute Gasteiger partial charge is 0.427 e. The third-order valence-electron chi connectivity index (χ3n) is 7.18. The number of carbonyl (C=O) groups is 1. The molecule has 0 amide bonds. The van der Waals surface area contributed by atoms with Crippen LogP contribution in [0.5, 0.6) is 0 Å². The molecule has 0 bridgehead atoms. The molecule has 1 aliphatic carbocycles. The van der Waals surface area contributed by atoms with Gasteiger partial charge in [0.25, 0.3) is 0 Å². The highest BCUT2D eigenvalue weighted by Crippen LogP contribution is 2.42. The minimum absolute atomic E-state index is 0.0164. The van der Waals surface area contributed by atoms with Crippen molar-refractivity contribution in [2.75, 3.05) is 13.1 Å². The number of rotatable bonds is 8. The number of Topliss-reactive ketones (excluding diaryl/α,β-unsaturated/α-hetero) is 1. The van der Waals surface area contributed by atoms with E-state index in [1.54, 1.807) is 6.07 Å². The zero-order valence-electron chi connectivity index (χ0n) is 18.0. The molecule has 9 heteroatoms. The summed E-state index contributed by atoms with van der Waals surface area (Å²) in [6.45, 7) is 2.92. The van der Waals surface area contributed by atoms with Crippen LogP contribution in [0.15, 0.2) is 18.2 Å². The molecule has 5 nitrogen and oxygen atoms in total. The van der Waals surface area contributed by atoms with Gasteiger partial charge in [-0.2, -0.15) is 13.2 Å². The molecule has 172 valence electrons. The van der Waals surface area contributed by atoms with Crippen LogP contribution in [-0.4, -0.2) is 46.5 Å². The Balaban J connectivity index is 1.64. The summed E-state index contributed by atoms with van der Waals surface area (Å²) in [7, 11) is -1.35. The van der Waals surface area contributed by atoms with E-state index in [-0.39, 0.29) is 24.1 Å². The van der Waals surface area contributed by atoms with Gasteiger partial charge in [0.1, 0.15) is 5.78 Å². The number of hydrogen-bond acceptors (Lipinski definition) is 5. The van der Waals surface area contributed by atoms with Gasteiger partial charge in [-0.05, 0) is 87.6 Å². The second kappa shape index (κ2) is 9.61. The highest BCUT2D eigenvalue weighted by molar-refractivity contribution is 6.40. The Morgan fingerprint density at radius 3 is 2.45 bits per heavy atom. The van der Waals surface area contributed by atoms with Gasteiger partial charge < -0.3 is 15.8 Å². The minimum Gasteiger partial charge on any atom is -0.427 e. The molecule has 3 rings (SSSR count). The van der Waals surface area contributed by atoms with Gasteiger partial charge in [-0.1, -0.05) is 18.9 Å². The van der Waals surface area contributed by atoms with Crippen molar-refractivity contribution in [3.63, 3.8) is 0 Å². The average molecular weight is 440 g/mol. The van der Waals surface area contributed by atoms with Crippen LogP contribution < -0.4 is 5.73 Å². The Morgan fingerprint density at radius 1 is 1.19 bits per heavy atom. The highest BCUT2D eigenvalue weighted by Gasteiger charge is 2.42. The molecule has 4 N–H and O–H groups in total. The summed E-state index contributed by atoms with van der Waals surface area (Å²) in [6.07, 6.45) is 0.685. The number of unbranched alkanes of at least 4 members (excludes halogenated alkanes) is 1. The molecule has 1 aliphatic heterocycles. The number of piperidine rings is 1. The van der Waals surface area contributed by atoms with Gasteiger partial charge in [0.05, 0.1) is 11.1 Å².